The summed E-state index contributed by atoms with van der Waals surface area (Å²) in [5.74, 6) is -0.798. The summed E-state index contributed by atoms with van der Waals surface area (Å²) in [4.78, 5) is 11.8. The molecule has 0 aromatic rings. The molecule has 0 N–H and O–H groups in total. The summed E-state index contributed by atoms with van der Waals surface area (Å²) in [5, 5.41) is -0.247. The maximum Gasteiger partial charge on any atom is 0.370 e. The summed E-state index contributed by atoms with van der Waals surface area (Å²) >= 11 is 6.07. The quantitative estimate of drug-likeness (QED) is 0.428. The van der Waals surface area contributed by atoms with Crippen molar-refractivity contribution in [1.29, 1.82) is 0 Å². The van der Waals surface area contributed by atoms with Crippen molar-refractivity contribution < 1.29 is 23.1 Å². The maximum atomic E-state index is 12.5. The van der Waals surface area contributed by atoms with Gasteiger partial charge in [0.05, 0.1) is 18.2 Å². The smallest absolute Gasteiger partial charge is 0.370 e. The van der Waals surface area contributed by atoms with E-state index < -0.39 is 19.2 Å². The van der Waals surface area contributed by atoms with Gasteiger partial charge in [0.2, 0.25) is 0 Å². The second-order valence-electron chi connectivity index (χ2n) is 3.70. The fourth-order valence-electron chi connectivity index (χ4n) is 1.48. The number of carbonyl (C=O) groups excluding carboxylic acids is 1. The third-order valence-corrected chi connectivity index (χ3v) is 5.25. The van der Waals surface area contributed by atoms with E-state index in [9.17, 15) is 9.36 Å². The lowest BCUT2D eigenvalue weighted by Gasteiger charge is -2.18. The normalized spacial score (nSPS) is 24.3. The van der Waals surface area contributed by atoms with Crippen LogP contribution in [-0.4, -0.2) is 24.8 Å². The maximum absolute atomic E-state index is 12.5. The molecule has 0 amide bonds. The van der Waals surface area contributed by atoms with Crippen LogP contribution < -0.4 is 0 Å². The van der Waals surface area contributed by atoms with E-state index in [1.165, 1.54) is 6.08 Å². The molecule has 0 aromatic heterocycles. The molecule has 102 valence electrons. The first-order valence-corrected chi connectivity index (χ1v) is 7.43. The molecule has 5 nitrogen and oxygen atoms in total. The van der Waals surface area contributed by atoms with Crippen molar-refractivity contribution in [2.45, 2.75) is 26.4 Å². The molecule has 18 heavy (non-hydrogen) atoms. The first-order chi connectivity index (χ1) is 8.34. The van der Waals surface area contributed by atoms with Crippen LogP contribution in [0.15, 0.2) is 23.0 Å². The average molecular weight is 295 g/mol. The predicted molar refractivity (Wildman–Crippen MR) is 68.4 cm³/mol. The number of cyclic esters (lactones) is 1. The minimum absolute atomic E-state index is 0.00673. The Morgan fingerprint density at radius 3 is 2.28 bits per heavy atom. The standard InChI is InChI=1S/C11H16ClO5P/c1-5-11(4)9(12)8(10(13)17-11)18(14,15-6-2)16-7-3/h5H,1,6-7H2,2-4H3. The highest BCUT2D eigenvalue weighted by molar-refractivity contribution is 7.60. The molecular formula is C11H16ClO5P. The molecule has 0 saturated heterocycles. The zero-order valence-corrected chi connectivity index (χ0v) is 12.2. The topological polar surface area (TPSA) is 61.8 Å². The second kappa shape index (κ2) is 5.57. The Balaban J connectivity index is 3.31. The van der Waals surface area contributed by atoms with E-state index in [1.54, 1.807) is 20.8 Å². The highest BCUT2D eigenvalue weighted by Crippen LogP contribution is 2.61. The van der Waals surface area contributed by atoms with Gasteiger partial charge in [0.25, 0.3) is 0 Å². The third-order valence-electron chi connectivity index (χ3n) is 2.40. The van der Waals surface area contributed by atoms with Gasteiger partial charge in [0.1, 0.15) is 0 Å². The number of hydrogen-bond acceptors (Lipinski definition) is 5. The lowest BCUT2D eigenvalue weighted by Crippen LogP contribution is -2.22. The molecule has 0 aliphatic carbocycles. The molecule has 0 aromatic carbocycles. The van der Waals surface area contributed by atoms with Gasteiger partial charge < -0.3 is 13.8 Å². The van der Waals surface area contributed by atoms with Crippen LogP contribution in [0.3, 0.4) is 0 Å². The van der Waals surface area contributed by atoms with Crippen molar-refractivity contribution in [2.75, 3.05) is 13.2 Å². The van der Waals surface area contributed by atoms with E-state index in [0.717, 1.165) is 0 Å². The van der Waals surface area contributed by atoms with Crippen molar-refractivity contribution in [2.24, 2.45) is 0 Å². The molecule has 0 saturated carbocycles. The van der Waals surface area contributed by atoms with Crippen LogP contribution >= 0.6 is 19.2 Å². The molecule has 1 heterocycles. The largest absolute Gasteiger partial charge is 0.445 e. The SMILES string of the molecule is C=CC1(C)OC(=O)C(P(=O)(OCC)OCC)=C1Cl. The van der Waals surface area contributed by atoms with Crippen LogP contribution in [0, 0.1) is 0 Å². The molecule has 0 bridgehead atoms. The highest BCUT2D eigenvalue weighted by atomic mass is 35.5. The fourth-order valence-corrected chi connectivity index (χ4v) is 3.73. The Kier molecular flexibility index (Phi) is 4.78. The Morgan fingerprint density at radius 1 is 1.44 bits per heavy atom. The average Bonchev–Trinajstić information content (AvgIpc) is 2.51. The van der Waals surface area contributed by atoms with Crippen molar-refractivity contribution in [3.63, 3.8) is 0 Å². The Labute approximate surface area is 111 Å². The molecule has 1 aliphatic heterocycles. The fraction of sp³-hybridized carbons (Fsp3) is 0.545. The number of halogens is 1. The first-order valence-electron chi connectivity index (χ1n) is 5.51. The number of rotatable bonds is 6. The van der Waals surface area contributed by atoms with Gasteiger partial charge in [-0.2, -0.15) is 0 Å². The van der Waals surface area contributed by atoms with Crippen LogP contribution in [0.4, 0.5) is 0 Å². The minimum atomic E-state index is -3.75. The van der Waals surface area contributed by atoms with Gasteiger partial charge in [0.15, 0.2) is 10.9 Å². The Bertz CT molecular complexity index is 435. The number of esters is 1. The van der Waals surface area contributed by atoms with Crippen LogP contribution in [-0.2, 0) is 23.1 Å². The van der Waals surface area contributed by atoms with Crippen molar-refractivity contribution >= 4 is 25.2 Å². The molecule has 0 spiro atoms. The summed E-state index contributed by atoms with van der Waals surface area (Å²) in [6.45, 7) is 8.64. The van der Waals surface area contributed by atoms with Crippen molar-refractivity contribution in [1.82, 2.24) is 0 Å². The van der Waals surface area contributed by atoms with Crippen molar-refractivity contribution in [3.8, 4) is 0 Å². The van der Waals surface area contributed by atoms with Gasteiger partial charge in [-0.1, -0.05) is 18.2 Å². The molecule has 7 heteroatoms. The van der Waals surface area contributed by atoms with E-state index in [0.29, 0.717) is 0 Å². The summed E-state index contributed by atoms with van der Waals surface area (Å²) in [7, 11) is -3.75. The van der Waals surface area contributed by atoms with Crippen LogP contribution in [0.5, 0.6) is 0 Å². The molecule has 1 atom stereocenters. The van der Waals surface area contributed by atoms with Crippen LogP contribution in [0.2, 0.25) is 0 Å². The summed E-state index contributed by atoms with van der Waals surface area (Å²) in [6, 6.07) is 0. The predicted octanol–water partition coefficient (Wildman–Crippen LogP) is 3.20. The van der Waals surface area contributed by atoms with Gasteiger partial charge in [-0.3, -0.25) is 4.57 Å². The molecule has 1 rings (SSSR count). The monoisotopic (exact) mass is 294 g/mol. The molecule has 1 unspecified atom stereocenters. The van der Waals surface area contributed by atoms with E-state index >= 15 is 0 Å². The van der Waals surface area contributed by atoms with Gasteiger partial charge in [-0.05, 0) is 26.8 Å². The van der Waals surface area contributed by atoms with Crippen LogP contribution in [0.25, 0.3) is 0 Å². The zero-order valence-electron chi connectivity index (χ0n) is 10.6. The third kappa shape index (κ3) is 2.54. The molecule has 0 fully saturated rings. The molecule has 0 radical (unpaired) electrons. The van der Waals surface area contributed by atoms with Crippen LogP contribution in [0.1, 0.15) is 20.8 Å². The highest BCUT2D eigenvalue weighted by Gasteiger charge is 2.50. The zero-order chi connectivity index (χ0) is 14.0. The Hall–Kier alpha value is -0.610. The van der Waals surface area contributed by atoms with Gasteiger partial charge in [-0.25, -0.2) is 4.79 Å². The van der Waals surface area contributed by atoms with Crippen molar-refractivity contribution in [3.05, 3.63) is 23.0 Å². The van der Waals surface area contributed by atoms with Gasteiger partial charge in [-0.15, -0.1) is 0 Å². The minimum Gasteiger partial charge on any atom is -0.445 e. The molecular weight excluding hydrogens is 279 g/mol. The number of ether oxygens (including phenoxy) is 1. The van der Waals surface area contributed by atoms with Gasteiger partial charge in [0, 0.05) is 0 Å². The summed E-state index contributed by atoms with van der Waals surface area (Å²) in [5.41, 5.74) is -1.18. The second-order valence-corrected chi connectivity index (χ2v) is 6.03. The van der Waals surface area contributed by atoms with Gasteiger partial charge >= 0.3 is 13.6 Å². The van der Waals surface area contributed by atoms with E-state index in [2.05, 4.69) is 6.58 Å². The van der Waals surface area contributed by atoms with E-state index in [-0.39, 0.29) is 23.6 Å². The first kappa shape index (κ1) is 15.4. The lowest BCUT2D eigenvalue weighted by atomic mass is 10.1. The van der Waals surface area contributed by atoms with E-state index in [4.69, 9.17) is 25.4 Å². The molecule has 1 aliphatic rings. The Morgan fingerprint density at radius 2 is 1.94 bits per heavy atom. The number of carbonyl (C=O) groups is 1. The lowest BCUT2D eigenvalue weighted by molar-refractivity contribution is -0.142. The van der Waals surface area contributed by atoms with E-state index in [1.807, 2.05) is 0 Å². The number of hydrogen-bond donors (Lipinski definition) is 0. The summed E-state index contributed by atoms with van der Waals surface area (Å²) in [6.07, 6.45) is 1.36. The summed E-state index contributed by atoms with van der Waals surface area (Å²) < 4.78 is 27.8.